The molecule has 0 radical (unpaired) electrons. The van der Waals surface area contributed by atoms with Crippen LogP contribution in [0.3, 0.4) is 0 Å². The number of aromatic nitrogens is 4. The highest BCUT2D eigenvalue weighted by atomic mass is 19.1. The van der Waals surface area contributed by atoms with Crippen LogP contribution in [0.15, 0.2) is 23.0 Å². The van der Waals surface area contributed by atoms with E-state index in [4.69, 9.17) is 5.73 Å². The van der Waals surface area contributed by atoms with E-state index < -0.39 is 17.2 Å². The smallest absolute Gasteiger partial charge is 0.278 e. The molecule has 0 spiro atoms. The van der Waals surface area contributed by atoms with Crippen LogP contribution in [0, 0.1) is 11.6 Å². The topological polar surface area (TPSA) is 100 Å². The van der Waals surface area contributed by atoms with Gasteiger partial charge in [0, 0.05) is 0 Å². The Hall–Kier alpha value is -2.77. The minimum absolute atomic E-state index is 0.00102. The van der Waals surface area contributed by atoms with Crippen LogP contribution in [0.2, 0.25) is 0 Å². The zero-order valence-corrected chi connectivity index (χ0v) is 9.37. The second-order valence-corrected chi connectivity index (χ2v) is 3.83. The first-order valence-electron chi connectivity index (χ1n) is 5.26. The molecule has 0 aliphatic heterocycles. The summed E-state index contributed by atoms with van der Waals surface area (Å²) in [4.78, 5) is 24.0. The molecule has 3 aromatic rings. The van der Waals surface area contributed by atoms with E-state index in [1.165, 1.54) is 6.07 Å². The molecular formula is C11H7F2N5O. The second-order valence-electron chi connectivity index (χ2n) is 3.83. The molecule has 0 aliphatic rings. The Bertz CT molecular complexity index is 818. The molecule has 1 aromatic carbocycles. The van der Waals surface area contributed by atoms with E-state index in [1.54, 1.807) is 0 Å². The largest absolute Gasteiger partial charge is 0.369 e. The summed E-state index contributed by atoms with van der Waals surface area (Å²) in [7, 11) is 0. The number of fused-ring (bicyclic) bond motifs is 1. The van der Waals surface area contributed by atoms with E-state index >= 15 is 0 Å². The molecule has 0 fully saturated rings. The second kappa shape index (κ2) is 3.87. The first kappa shape index (κ1) is 11.3. The maximum Gasteiger partial charge on any atom is 0.278 e. The van der Waals surface area contributed by atoms with Crippen LogP contribution in [-0.2, 0) is 0 Å². The minimum atomic E-state index is -0.788. The fraction of sp³-hybridized carbons (Fsp3) is 0. The number of imidazole rings is 1. The molecule has 0 saturated carbocycles. The average Bonchev–Trinajstić information content (AvgIpc) is 2.72. The average molecular weight is 263 g/mol. The van der Waals surface area contributed by atoms with Crippen molar-refractivity contribution in [1.29, 1.82) is 0 Å². The van der Waals surface area contributed by atoms with Crippen molar-refractivity contribution in [2.75, 3.05) is 5.73 Å². The zero-order chi connectivity index (χ0) is 13.6. The first-order chi connectivity index (χ1) is 9.06. The number of nitrogens with zero attached hydrogens (tertiary/aromatic N) is 2. The fourth-order valence-corrected chi connectivity index (χ4v) is 1.77. The number of nitrogens with one attached hydrogen (secondary N) is 2. The number of hydrogen-bond acceptors (Lipinski definition) is 4. The highest BCUT2D eigenvalue weighted by molar-refractivity contribution is 5.76. The van der Waals surface area contributed by atoms with Gasteiger partial charge in [0.2, 0.25) is 5.95 Å². The molecule has 6 nitrogen and oxygen atoms in total. The van der Waals surface area contributed by atoms with Crippen LogP contribution in [0.4, 0.5) is 14.7 Å². The van der Waals surface area contributed by atoms with Gasteiger partial charge in [-0.3, -0.25) is 9.78 Å². The number of aromatic amines is 2. The van der Waals surface area contributed by atoms with E-state index in [-0.39, 0.29) is 28.5 Å². The van der Waals surface area contributed by atoms with E-state index in [9.17, 15) is 13.6 Å². The van der Waals surface area contributed by atoms with Gasteiger partial charge >= 0.3 is 0 Å². The van der Waals surface area contributed by atoms with Gasteiger partial charge in [-0.2, -0.15) is 4.98 Å². The summed E-state index contributed by atoms with van der Waals surface area (Å²) in [5, 5.41) is 0. The summed E-state index contributed by atoms with van der Waals surface area (Å²) in [6.45, 7) is 0. The van der Waals surface area contributed by atoms with Crippen LogP contribution in [0.1, 0.15) is 0 Å². The SMILES string of the molecule is Nc1nc2nc(-c3c(F)cccc3F)[nH]c2c(=O)[nH]1. The van der Waals surface area contributed by atoms with E-state index in [0.29, 0.717) is 0 Å². The predicted octanol–water partition coefficient (Wildman–Crippen LogP) is 1.17. The van der Waals surface area contributed by atoms with Gasteiger partial charge in [0.25, 0.3) is 5.56 Å². The number of hydrogen-bond donors (Lipinski definition) is 3. The highest BCUT2D eigenvalue weighted by Crippen LogP contribution is 2.24. The van der Waals surface area contributed by atoms with Crippen LogP contribution in [-0.4, -0.2) is 19.9 Å². The van der Waals surface area contributed by atoms with E-state index in [2.05, 4.69) is 19.9 Å². The standard InChI is InChI=1S/C11H7F2N5O/c12-4-2-1-3-5(13)6(4)8-15-7-9(16-8)17-11(14)18-10(7)19/h1-3H,(H4,14,15,16,17,18,19). The van der Waals surface area contributed by atoms with E-state index in [0.717, 1.165) is 12.1 Å². The van der Waals surface area contributed by atoms with Gasteiger partial charge in [-0.1, -0.05) is 6.07 Å². The third kappa shape index (κ3) is 1.73. The number of nitrogens with two attached hydrogens (primary N) is 1. The predicted molar refractivity (Wildman–Crippen MR) is 64.3 cm³/mol. The van der Waals surface area contributed by atoms with Gasteiger partial charge in [-0.25, -0.2) is 13.8 Å². The minimum Gasteiger partial charge on any atom is -0.369 e. The molecular weight excluding hydrogens is 256 g/mol. The lowest BCUT2D eigenvalue weighted by Gasteiger charge is -1.99. The molecule has 4 N–H and O–H groups in total. The van der Waals surface area contributed by atoms with Crippen LogP contribution < -0.4 is 11.3 Å². The summed E-state index contributed by atoms with van der Waals surface area (Å²) in [5.41, 5.74) is 4.46. The number of anilines is 1. The Morgan fingerprint density at radius 1 is 1.11 bits per heavy atom. The normalized spacial score (nSPS) is 11.1. The number of halogens is 2. The third-order valence-electron chi connectivity index (χ3n) is 2.58. The van der Waals surface area contributed by atoms with Gasteiger partial charge in [0.1, 0.15) is 17.5 Å². The monoisotopic (exact) mass is 263 g/mol. The molecule has 2 aromatic heterocycles. The maximum absolute atomic E-state index is 13.6. The van der Waals surface area contributed by atoms with Crippen molar-refractivity contribution in [3.05, 3.63) is 40.2 Å². The van der Waals surface area contributed by atoms with Crippen LogP contribution in [0.25, 0.3) is 22.6 Å². The van der Waals surface area contributed by atoms with Crippen molar-refractivity contribution >= 4 is 17.1 Å². The Morgan fingerprint density at radius 3 is 2.47 bits per heavy atom. The third-order valence-corrected chi connectivity index (χ3v) is 2.58. The lowest BCUT2D eigenvalue weighted by atomic mass is 10.2. The number of rotatable bonds is 1. The summed E-state index contributed by atoms with van der Waals surface area (Å²) < 4.78 is 27.2. The van der Waals surface area contributed by atoms with Gasteiger partial charge in [-0.15, -0.1) is 0 Å². The van der Waals surface area contributed by atoms with Gasteiger partial charge in [0.15, 0.2) is 11.2 Å². The van der Waals surface area contributed by atoms with Crippen LogP contribution in [0.5, 0.6) is 0 Å². The van der Waals surface area contributed by atoms with Gasteiger partial charge < -0.3 is 10.7 Å². The molecule has 0 aliphatic carbocycles. The molecule has 96 valence electrons. The van der Waals surface area contributed by atoms with Crippen molar-refractivity contribution < 1.29 is 8.78 Å². The number of benzene rings is 1. The molecule has 8 heteroatoms. The van der Waals surface area contributed by atoms with Crippen molar-refractivity contribution in [3.63, 3.8) is 0 Å². The summed E-state index contributed by atoms with van der Waals surface area (Å²) >= 11 is 0. The molecule has 0 unspecified atom stereocenters. The lowest BCUT2D eigenvalue weighted by Crippen LogP contribution is -2.10. The van der Waals surface area contributed by atoms with Crippen molar-refractivity contribution in [2.45, 2.75) is 0 Å². The summed E-state index contributed by atoms with van der Waals surface area (Å²) in [6, 6.07) is 3.43. The quantitative estimate of drug-likeness (QED) is 0.613. The number of nitrogen functional groups attached to an aromatic ring is 1. The molecule has 19 heavy (non-hydrogen) atoms. The number of H-pyrrole nitrogens is 2. The molecule has 0 saturated heterocycles. The van der Waals surface area contributed by atoms with Gasteiger partial charge in [-0.05, 0) is 12.1 Å². The van der Waals surface area contributed by atoms with E-state index in [1.807, 2.05) is 0 Å². The van der Waals surface area contributed by atoms with Crippen molar-refractivity contribution in [1.82, 2.24) is 19.9 Å². The maximum atomic E-state index is 13.6. The first-order valence-corrected chi connectivity index (χ1v) is 5.26. The van der Waals surface area contributed by atoms with Crippen LogP contribution >= 0.6 is 0 Å². The Balaban J connectivity index is 2.33. The fourth-order valence-electron chi connectivity index (χ4n) is 1.77. The lowest BCUT2D eigenvalue weighted by molar-refractivity contribution is 0.588. The molecule has 0 atom stereocenters. The molecule has 0 bridgehead atoms. The summed E-state index contributed by atoms with van der Waals surface area (Å²) in [5.74, 6) is -1.81. The Labute approximate surface area is 104 Å². The zero-order valence-electron chi connectivity index (χ0n) is 9.37. The van der Waals surface area contributed by atoms with Crippen molar-refractivity contribution in [2.24, 2.45) is 0 Å². The summed E-state index contributed by atoms with van der Waals surface area (Å²) in [6.07, 6.45) is 0. The highest BCUT2D eigenvalue weighted by Gasteiger charge is 2.16. The molecule has 3 rings (SSSR count). The Kier molecular flexibility index (Phi) is 2.31. The molecule has 0 amide bonds. The van der Waals surface area contributed by atoms with Crippen molar-refractivity contribution in [3.8, 4) is 11.4 Å². The van der Waals surface area contributed by atoms with Gasteiger partial charge in [0.05, 0.1) is 5.56 Å². The Morgan fingerprint density at radius 2 is 1.79 bits per heavy atom. The molecule has 2 heterocycles.